The molecule has 8 heteroatoms. The van der Waals surface area contributed by atoms with Crippen molar-refractivity contribution in [3.63, 3.8) is 0 Å². The first-order chi connectivity index (χ1) is 23.5. The predicted octanol–water partition coefficient (Wildman–Crippen LogP) is 7.10. The van der Waals surface area contributed by atoms with Gasteiger partial charge in [-0.2, -0.15) is 0 Å². The van der Waals surface area contributed by atoms with E-state index in [0.29, 0.717) is 41.8 Å². The number of ether oxygens (including phenoxy) is 5. The minimum absolute atomic E-state index is 0.0585. The second-order valence-corrected chi connectivity index (χ2v) is 11.2. The maximum absolute atomic E-state index is 12.6. The molecule has 3 atom stereocenters. The molecule has 0 saturated carbocycles. The van der Waals surface area contributed by atoms with Crippen molar-refractivity contribution in [2.75, 3.05) is 39.6 Å². The second kappa shape index (κ2) is 16.1. The Hall–Kier alpha value is -5.18. The number of aliphatic hydroxyl groups excluding tert-OH is 2. The van der Waals surface area contributed by atoms with Crippen LogP contribution in [0, 0.1) is 0 Å². The molecule has 0 bridgehead atoms. The fourth-order valence-corrected chi connectivity index (χ4v) is 6.39. The van der Waals surface area contributed by atoms with Crippen molar-refractivity contribution < 1.29 is 33.9 Å². The van der Waals surface area contributed by atoms with E-state index in [2.05, 4.69) is 43.5 Å². The van der Waals surface area contributed by atoms with Crippen LogP contribution in [0.1, 0.15) is 34.3 Å². The average molecular weight is 650 g/mol. The molecule has 0 fully saturated rings. The topological polar surface area (TPSA) is 91.5 Å². The molecule has 1 aromatic heterocycles. The third kappa shape index (κ3) is 6.76. The van der Waals surface area contributed by atoms with Crippen molar-refractivity contribution in [3.8, 4) is 28.7 Å². The van der Waals surface area contributed by atoms with E-state index in [9.17, 15) is 10.2 Å². The van der Waals surface area contributed by atoms with E-state index < -0.39 is 18.1 Å². The minimum atomic E-state index is -0.965. The highest BCUT2D eigenvalue weighted by Crippen LogP contribution is 2.53. The first-order valence-electron chi connectivity index (χ1n) is 15.9. The summed E-state index contributed by atoms with van der Waals surface area (Å²) in [6, 6.07) is 16.8. The molecule has 5 rings (SSSR count). The highest BCUT2D eigenvalue weighted by atomic mass is 16.5. The van der Waals surface area contributed by atoms with Crippen molar-refractivity contribution in [2.45, 2.75) is 24.5 Å². The van der Waals surface area contributed by atoms with Gasteiger partial charge in [0.1, 0.15) is 44.5 Å². The van der Waals surface area contributed by atoms with Gasteiger partial charge in [-0.15, -0.1) is 0 Å². The van der Waals surface area contributed by atoms with Crippen LogP contribution in [0.5, 0.6) is 28.7 Å². The van der Waals surface area contributed by atoms with E-state index in [4.69, 9.17) is 23.7 Å². The van der Waals surface area contributed by atoms with Crippen molar-refractivity contribution in [1.29, 1.82) is 0 Å². The molecular formula is C40H43NO7. The van der Waals surface area contributed by atoms with Crippen LogP contribution >= 0.6 is 0 Å². The Bertz CT molecular complexity index is 1750. The van der Waals surface area contributed by atoms with Gasteiger partial charge in [0.25, 0.3) is 0 Å². The van der Waals surface area contributed by atoms with Crippen molar-refractivity contribution in [2.24, 2.45) is 0 Å². The highest BCUT2D eigenvalue weighted by Gasteiger charge is 2.46. The van der Waals surface area contributed by atoms with Crippen molar-refractivity contribution >= 4 is 10.9 Å². The molecule has 0 saturated heterocycles. The summed E-state index contributed by atoms with van der Waals surface area (Å²) in [5.41, 5.74) is 4.29. The lowest BCUT2D eigenvalue weighted by molar-refractivity contribution is 0.138. The molecule has 0 amide bonds. The summed E-state index contributed by atoms with van der Waals surface area (Å²) >= 11 is 0. The van der Waals surface area contributed by atoms with E-state index in [1.54, 1.807) is 30.4 Å². The van der Waals surface area contributed by atoms with Crippen LogP contribution in [0.3, 0.4) is 0 Å². The fourth-order valence-electron chi connectivity index (χ4n) is 6.39. The zero-order valence-corrected chi connectivity index (χ0v) is 27.2. The second-order valence-electron chi connectivity index (χ2n) is 11.2. The SMILES string of the molecule is C=CCOc1ccc([C@H]2c3c(CCO)c4ccccc4n3[C@@H](c3cc(OCC=C)c(OCC=C)c(OCC=C)c3)[C@@H]2O)c(OCC=C)c1. The maximum Gasteiger partial charge on any atom is 0.203 e. The molecule has 0 unspecified atom stereocenters. The molecule has 3 aromatic carbocycles. The first-order valence-corrected chi connectivity index (χ1v) is 15.9. The Morgan fingerprint density at radius 2 is 1.27 bits per heavy atom. The molecule has 4 aromatic rings. The fraction of sp³-hybridized carbons (Fsp3) is 0.250. The van der Waals surface area contributed by atoms with Crippen LogP contribution in [-0.4, -0.2) is 60.5 Å². The maximum atomic E-state index is 12.6. The Morgan fingerprint density at radius 3 is 1.90 bits per heavy atom. The van der Waals surface area contributed by atoms with Gasteiger partial charge < -0.3 is 38.5 Å². The van der Waals surface area contributed by atoms with E-state index in [0.717, 1.165) is 33.3 Å². The number of aromatic nitrogens is 1. The summed E-state index contributed by atoms with van der Waals surface area (Å²) in [5.74, 6) is 1.93. The van der Waals surface area contributed by atoms with Crippen LogP contribution < -0.4 is 23.7 Å². The number of rotatable bonds is 19. The van der Waals surface area contributed by atoms with Gasteiger partial charge in [0.2, 0.25) is 5.75 Å². The summed E-state index contributed by atoms with van der Waals surface area (Å²) in [5, 5.41) is 23.8. The number of hydrogen-bond donors (Lipinski definition) is 2. The summed E-state index contributed by atoms with van der Waals surface area (Å²) in [6.07, 6.45) is 7.74. The predicted molar refractivity (Wildman–Crippen MR) is 190 cm³/mol. The lowest BCUT2D eigenvalue weighted by atomic mass is 9.85. The summed E-state index contributed by atoms with van der Waals surface area (Å²) < 4.78 is 32.5. The molecule has 1 aliphatic heterocycles. The van der Waals surface area contributed by atoms with Crippen LogP contribution in [-0.2, 0) is 6.42 Å². The first kappa shape index (κ1) is 34.2. The van der Waals surface area contributed by atoms with Gasteiger partial charge in [0.05, 0.1) is 18.1 Å². The Kier molecular flexibility index (Phi) is 11.4. The monoisotopic (exact) mass is 649 g/mol. The largest absolute Gasteiger partial charge is 0.489 e. The molecule has 0 spiro atoms. The van der Waals surface area contributed by atoms with Crippen molar-refractivity contribution in [3.05, 3.63) is 140 Å². The molecular weight excluding hydrogens is 606 g/mol. The zero-order valence-electron chi connectivity index (χ0n) is 27.2. The number of hydrogen-bond acceptors (Lipinski definition) is 7. The number of nitrogens with zero attached hydrogens (tertiary/aromatic N) is 1. The van der Waals surface area contributed by atoms with Crippen LogP contribution in [0.15, 0.2) is 118 Å². The lowest BCUT2D eigenvalue weighted by Gasteiger charge is -2.25. The normalized spacial score (nSPS) is 16.5. The van der Waals surface area contributed by atoms with Gasteiger partial charge in [-0.1, -0.05) is 87.5 Å². The Balaban J connectivity index is 1.78. The van der Waals surface area contributed by atoms with Gasteiger partial charge in [-0.05, 0) is 41.8 Å². The summed E-state index contributed by atoms with van der Waals surface area (Å²) in [4.78, 5) is 0. The van der Waals surface area contributed by atoms with Crippen LogP contribution in [0.4, 0.5) is 0 Å². The molecule has 1 aliphatic rings. The number of benzene rings is 3. The summed E-state index contributed by atoms with van der Waals surface area (Å²) in [6.45, 7) is 20.2. The van der Waals surface area contributed by atoms with Gasteiger partial charge in [-0.25, -0.2) is 0 Å². The molecule has 0 aliphatic carbocycles. The Labute approximate surface area is 282 Å². The van der Waals surface area contributed by atoms with Crippen LogP contribution in [0.25, 0.3) is 10.9 Å². The number of para-hydroxylation sites is 1. The van der Waals surface area contributed by atoms with E-state index in [1.165, 1.54) is 0 Å². The lowest BCUT2D eigenvalue weighted by Crippen LogP contribution is -2.23. The smallest absolute Gasteiger partial charge is 0.203 e. The number of aliphatic hydroxyl groups is 2. The van der Waals surface area contributed by atoms with Gasteiger partial charge in [0, 0.05) is 34.8 Å². The zero-order chi connectivity index (χ0) is 34.0. The van der Waals surface area contributed by atoms with Gasteiger partial charge in [-0.3, -0.25) is 0 Å². The van der Waals surface area contributed by atoms with Crippen molar-refractivity contribution in [1.82, 2.24) is 4.57 Å². The van der Waals surface area contributed by atoms with Gasteiger partial charge in [0.15, 0.2) is 11.5 Å². The standard InChI is InChI=1S/C40H43NO7/c1-6-19-44-28-15-16-31(33(26-28)45-20-7-2)36-38-30(17-18-42)29-13-11-12-14-32(29)41(38)37(39(36)43)27-24-34(46-21-8-3)40(48-23-10-5)35(25-27)47-22-9-4/h6-16,24-26,36-37,39,42-43H,1-5,17-23H2/t36-,37-,39+/m0/s1. The highest BCUT2D eigenvalue weighted by molar-refractivity contribution is 5.87. The Morgan fingerprint density at radius 1 is 0.688 bits per heavy atom. The van der Waals surface area contributed by atoms with E-state index in [-0.39, 0.29) is 33.0 Å². The molecule has 48 heavy (non-hydrogen) atoms. The number of fused-ring (bicyclic) bond motifs is 3. The quantitative estimate of drug-likeness (QED) is 0.105. The van der Waals surface area contributed by atoms with E-state index >= 15 is 0 Å². The minimum Gasteiger partial charge on any atom is -0.489 e. The van der Waals surface area contributed by atoms with Gasteiger partial charge >= 0.3 is 0 Å². The third-order valence-electron chi connectivity index (χ3n) is 8.15. The summed E-state index contributed by atoms with van der Waals surface area (Å²) in [7, 11) is 0. The molecule has 8 nitrogen and oxygen atoms in total. The third-order valence-corrected chi connectivity index (χ3v) is 8.15. The molecule has 2 heterocycles. The average Bonchev–Trinajstić information content (AvgIpc) is 3.57. The molecule has 2 N–H and O–H groups in total. The molecule has 0 radical (unpaired) electrons. The van der Waals surface area contributed by atoms with Crippen LogP contribution in [0.2, 0.25) is 0 Å². The van der Waals surface area contributed by atoms with E-state index in [1.807, 2.05) is 48.5 Å². The molecule has 250 valence electrons.